The first-order valence-corrected chi connectivity index (χ1v) is 4.90. The number of benzene rings is 1. The number of phenols is 1. The molecule has 0 aliphatic heterocycles. The van der Waals surface area contributed by atoms with Crippen molar-refractivity contribution in [2.45, 2.75) is 13.8 Å². The quantitative estimate of drug-likeness (QED) is 0.765. The minimum absolute atomic E-state index is 0.288. The van der Waals surface area contributed by atoms with Gasteiger partial charge < -0.3 is 5.11 Å². The van der Waals surface area contributed by atoms with E-state index in [4.69, 9.17) is 0 Å². The second kappa shape index (κ2) is 3.73. The molecule has 2 aromatic rings. The number of phenolic OH excluding ortho intramolecular Hbond substituents is 1. The van der Waals surface area contributed by atoms with Gasteiger partial charge >= 0.3 is 0 Å². The Hall–Kier alpha value is -1.83. The Morgan fingerprint density at radius 1 is 0.933 bits per heavy atom. The summed E-state index contributed by atoms with van der Waals surface area (Å²) in [5.74, 6) is 0.288. The summed E-state index contributed by atoms with van der Waals surface area (Å²) in [7, 11) is 0. The molecule has 1 N–H and O–H groups in total. The fourth-order valence-corrected chi connectivity index (χ4v) is 1.63. The van der Waals surface area contributed by atoms with E-state index in [9.17, 15) is 5.11 Å². The van der Waals surface area contributed by atoms with Crippen LogP contribution in [0.5, 0.6) is 5.75 Å². The fourth-order valence-electron chi connectivity index (χ4n) is 1.63. The van der Waals surface area contributed by atoms with Crippen LogP contribution in [0, 0.1) is 13.8 Å². The van der Waals surface area contributed by atoms with Crippen molar-refractivity contribution < 1.29 is 5.11 Å². The molecule has 1 aromatic heterocycles. The van der Waals surface area contributed by atoms with Crippen LogP contribution < -0.4 is 0 Å². The minimum Gasteiger partial charge on any atom is -0.508 e. The number of hydrogen-bond donors (Lipinski definition) is 1. The average Bonchev–Trinajstić information content (AvgIpc) is 2.20. The standard InChI is InChI=1S/C13H13NO/c1-9-3-8-13(10(2)14-9)11-4-6-12(15)7-5-11/h3-8,15H,1-2H3. The predicted octanol–water partition coefficient (Wildman–Crippen LogP) is 3.07. The third-order valence-corrected chi connectivity index (χ3v) is 2.40. The van der Waals surface area contributed by atoms with Crippen molar-refractivity contribution in [2.24, 2.45) is 0 Å². The molecule has 0 saturated carbocycles. The van der Waals surface area contributed by atoms with E-state index in [0.29, 0.717) is 0 Å². The van der Waals surface area contributed by atoms with Gasteiger partial charge in [-0.05, 0) is 37.6 Å². The molecule has 1 aromatic carbocycles. The summed E-state index contributed by atoms with van der Waals surface area (Å²) in [5, 5.41) is 9.20. The third kappa shape index (κ3) is 1.99. The van der Waals surface area contributed by atoms with E-state index in [1.54, 1.807) is 12.1 Å². The molecule has 0 amide bonds. The summed E-state index contributed by atoms with van der Waals surface area (Å²) < 4.78 is 0. The largest absolute Gasteiger partial charge is 0.508 e. The van der Waals surface area contributed by atoms with E-state index < -0.39 is 0 Å². The number of pyridine rings is 1. The molecular formula is C13H13NO. The molecule has 0 saturated heterocycles. The lowest BCUT2D eigenvalue weighted by atomic mass is 10.0. The van der Waals surface area contributed by atoms with Gasteiger partial charge in [0.15, 0.2) is 0 Å². The van der Waals surface area contributed by atoms with Gasteiger partial charge in [-0.1, -0.05) is 18.2 Å². The van der Waals surface area contributed by atoms with Gasteiger partial charge in [0.1, 0.15) is 5.75 Å². The highest BCUT2D eigenvalue weighted by atomic mass is 16.3. The van der Waals surface area contributed by atoms with Crippen LogP contribution in [0.3, 0.4) is 0 Å². The van der Waals surface area contributed by atoms with E-state index in [2.05, 4.69) is 11.1 Å². The SMILES string of the molecule is Cc1ccc(-c2ccc(O)cc2)c(C)n1. The van der Waals surface area contributed by atoms with E-state index in [1.807, 2.05) is 32.0 Å². The van der Waals surface area contributed by atoms with Crippen LogP contribution in [0.2, 0.25) is 0 Å². The monoisotopic (exact) mass is 199 g/mol. The molecule has 0 unspecified atom stereocenters. The normalized spacial score (nSPS) is 10.3. The lowest BCUT2D eigenvalue weighted by Gasteiger charge is -2.06. The van der Waals surface area contributed by atoms with E-state index in [0.717, 1.165) is 22.5 Å². The van der Waals surface area contributed by atoms with Crippen molar-refractivity contribution in [1.82, 2.24) is 4.98 Å². The van der Waals surface area contributed by atoms with Crippen molar-refractivity contribution in [3.05, 3.63) is 47.8 Å². The average molecular weight is 199 g/mol. The number of hydrogen-bond acceptors (Lipinski definition) is 2. The van der Waals surface area contributed by atoms with Crippen molar-refractivity contribution in [3.8, 4) is 16.9 Å². The topological polar surface area (TPSA) is 33.1 Å². The molecule has 0 atom stereocenters. The van der Waals surface area contributed by atoms with Gasteiger partial charge in [0.05, 0.1) is 0 Å². The molecule has 0 aliphatic carbocycles. The van der Waals surface area contributed by atoms with Crippen LogP contribution in [-0.2, 0) is 0 Å². The summed E-state index contributed by atoms with van der Waals surface area (Å²) >= 11 is 0. The summed E-state index contributed by atoms with van der Waals surface area (Å²) in [6, 6.07) is 11.2. The van der Waals surface area contributed by atoms with E-state index in [1.165, 1.54) is 0 Å². The van der Waals surface area contributed by atoms with Crippen LogP contribution in [0.1, 0.15) is 11.4 Å². The van der Waals surface area contributed by atoms with Crippen LogP contribution in [-0.4, -0.2) is 10.1 Å². The predicted molar refractivity (Wildman–Crippen MR) is 60.8 cm³/mol. The van der Waals surface area contributed by atoms with E-state index >= 15 is 0 Å². The minimum atomic E-state index is 0.288. The maximum absolute atomic E-state index is 9.20. The van der Waals surface area contributed by atoms with Crippen LogP contribution in [0.25, 0.3) is 11.1 Å². The number of nitrogens with zero attached hydrogens (tertiary/aromatic N) is 1. The highest BCUT2D eigenvalue weighted by molar-refractivity contribution is 5.66. The Balaban J connectivity index is 2.49. The van der Waals surface area contributed by atoms with Gasteiger partial charge in [-0.15, -0.1) is 0 Å². The number of rotatable bonds is 1. The zero-order valence-corrected chi connectivity index (χ0v) is 8.86. The summed E-state index contributed by atoms with van der Waals surface area (Å²) in [4.78, 5) is 4.41. The maximum Gasteiger partial charge on any atom is 0.115 e. The highest BCUT2D eigenvalue weighted by Gasteiger charge is 2.02. The summed E-state index contributed by atoms with van der Waals surface area (Å²) in [5.41, 5.74) is 4.23. The van der Waals surface area contributed by atoms with E-state index in [-0.39, 0.29) is 5.75 Å². The van der Waals surface area contributed by atoms with Gasteiger partial charge in [0, 0.05) is 17.0 Å². The molecule has 0 radical (unpaired) electrons. The number of aromatic hydroxyl groups is 1. The van der Waals surface area contributed by atoms with Crippen LogP contribution >= 0.6 is 0 Å². The molecular weight excluding hydrogens is 186 g/mol. The van der Waals surface area contributed by atoms with Crippen molar-refractivity contribution in [3.63, 3.8) is 0 Å². The zero-order chi connectivity index (χ0) is 10.8. The summed E-state index contributed by atoms with van der Waals surface area (Å²) in [6.07, 6.45) is 0. The van der Waals surface area contributed by atoms with Gasteiger partial charge in [-0.3, -0.25) is 4.98 Å². The summed E-state index contributed by atoms with van der Waals surface area (Å²) in [6.45, 7) is 3.97. The first-order chi connectivity index (χ1) is 7.16. The molecule has 0 aliphatic rings. The van der Waals surface area contributed by atoms with Crippen molar-refractivity contribution in [1.29, 1.82) is 0 Å². The lowest BCUT2D eigenvalue weighted by molar-refractivity contribution is 0.475. The Kier molecular flexibility index (Phi) is 2.42. The molecule has 0 fully saturated rings. The first-order valence-electron chi connectivity index (χ1n) is 4.90. The molecule has 76 valence electrons. The maximum atomic E-state index is 9.20. The van der Waals surface area contributed by atoms with Crippen molar-refractivity contribution >= 4 is 0 Å². The number of aryl methyl sites for hydroxylation is 2. The second-order valence-corrected chi connectivity index (χ2v) is 3.63. The Labute approximate surface area is 89.2 Å². The van der Waals surface area contributed by atoms with Crippen molar-refractivity contribution in [2.75, 3.05) is 0 Å². The Morgan fingerprint density at radius 3 is 2.20 bits per heavy atom. The smallest absolute Gasteiger partial charge is 0.115 e. The zero-order valence-electron chi connectivity index (χ0n) is 8.86. The van der Waals surface area contributed by atoms with Gasteiger partial charge in [-0.25, -0.2) is 0 Å². The van der Waals surface area contributed by atoms with Gasteiger partial charge in [-0.2, -0.15) is 0 Å². The molecule has 1 heterocycles. The molecule has 2 nitrogen and oxygen atoms in total. The Bertz CT molecular complexity index is 474. The highest BCUT2D eigenvalue weighted by Crippen LogP contribution is 2.24. The van der Waals surface area contributed by atoms with Gasteiger partial charge in [0.25, 0.3) is 0 Å². The number of aromatic nitrogens is 1. The van der Waals surface area contributed by atoms with Crippen LogP contribution in [0.15, 0.2) is 36.4 Å². The second-order valence-electron chi connectivity index (χ2n) is 3.63. The lowest BCUT2D eigenvalue weighted by Crippen LogP contribution is -1.89. The fraction of sp³-hybridized carbons (Fsp3) is 0.154. The van der Waals surface area contributed by atoms with Gasteiger partial charge in [0.2, 0.25) is 0 Å². The van der Waals surface area contributed by atoms with Crippen LogP contribution in [0.4, 0.5) is 0 Å². The molecule has 15 heavy (non-hydrogen) atoms. The molecule has 2 rings (SSSR count). The Morgan fingerprint density at radius 2 is 1.60 bits per heavy atom. The molecule has 0 spiro atoms. The molecule has 0 bridgehead atoms. The third-order valence-electron chi connectivity index (χ3n) is 2.40. The molecule has 2 heteroatoms. The first kappa shape index (κ1) is 9.71.